The Bertz CT molecular complexity index is 1360. The zero-order valence-corrected chi connectivity index (χ0v) is 23.4. The first kappa shape index (κ1) is 29.0. The number of methoxy groups -OCH3 is 1. The van der Waals surface area contributed by atoms with E-state index in [-0.39, 0.29) is 28.1 Å². The highest BCUT2D eigenvalue weighted by Crippen LogP contribution is 2.32. The molecule has 1 N–H and O–H groups in total. The van der Waals surface area contributed by atoms with Gasteiger partial charge in [0.05, 0.1) is 22.7 Å². The average molecular weight is 558 g/mol. The molecule has 0 bridgehead atoms. The van der Waals surface area contributed by atoms with Crippen LogP contribution in [0.1, 0.15) is 24.5 Å². The Kier molecular flexibility index (Phi) is 9.77. The number of anilines is 1. The van der Waals surface area contributed by atoms with Crippen LogP contribution >= 0.6 is 11.6 Å². The number of amides is 2. The van der Waals surface area contributed by atoms with E-state index in [2.05, 4.69) is 5.32 Å². The molecule has 0 radical (unpaired) electrons. The van der Waals surface area contributed by atoms with Gasteiger partial charge in [-0.05, 0) is 49.2 Å². The summed E-state index contributed by atoms with van der Waals surface area (Å²) < 4.78 is 33.9. The molecule has 3 aromatic carbocycles. The Balaban J connectivity index is 2.08. The van der Waals surface area contributed by atoms with Crippen molar-refractivity contribution in [2.75, 3.05) is 25.0 Å². The van der Waals surface area contributed by atoms with E-state index in [9.17, 15) is 18.0 Å². The minimum atomic E-state index is -4.18. The van der Waals surface area contributed by atoms with E-state index in [1.165, 1.54) is 43.3 Å². The number of nitrogens with zero attached hydrogens (tertiary/aromatic N) is 2. The zero-order valence-electron chi connectivity index (χ0n) is 21.8. The Morgan fingerprint density at radius 1 is 1.03 bits per heavy atom. The normalized spacial score (nSPS) is 11.9. The van der Waals surface area contributed by atoms with Gasteiger partial charge >= 0.3 is 0 Å². The molecule has 3 aromatic rings. The SMILES string of the molecule is CC[C@H](C(=O)NC)N(Cc1ccccc1)C(=O)CN(c1ccc(OC)c(Cl)c1)S(=O)(=O)c1ccc(C)cc1. The highest BCUT2D eigenvalue weighted by Gasteiger charge is 2.33. The van der Waals surface area contributed by atoms with Crippen LogP contribution in [0.4, 0.5) is 5.69 Å². The summed E-state index contributed by atoms with van der Waals surface area (Å²) in [4.78, 5) is 28.0. The lowest BCUT2D eigenvalue weighted by Gasteiger charge is -2.33. The maximum absolute atomic E-state index is 13.9. The van der Waals surface area contributed by atoms with Gasteiger partial charge in [-0.2, -0.15) is 0 Å². The summed E-state index contributed by atoms with van der Waals surface area (Å²) in [5, 5.41) is 2.80. The monoisotopic (exact) mass is 557 g/mol. The third-order valence-electron chi connectivity index (χ3n) is 6.14. The third kappa shape index (κ3) is 6.65. The third-order valence-corrected chi connectivity index (χ3v) is 8.22. The van der Waals surface area contributed by atoms with Crippen molar-refractivity contribution in [1.29, 1.82) is 0 Å². The number of hydrogen-bond acceptors (Lipinski definition) is 5. The highest BCUT2D eigenvalue weighted by atomic mass is 35.5. The fraction of sp³-hybridized carbons (Fsp3) is 0.286. The quantitative estimate of drug-likeness (QED) is 0.377. The Morgan fingerprint density at radius 3 is 2.24 bits per heavy atom. The largest absolute Gasteiger partial charge is 0.495 e. The van der Waals surface area contributed by atoms with E-state index in [1.807, 2.05) is 37.3 Å². The molecule has 0 saturated carbocycles. The molecular formula is C28H32ClN3O5S. The van der Waals surface area contributed by atoms with E-state index in [1.54, 1.807) is 25.1 Å². The number of aryl methyl sites for hydroxylation is 1. The van der Waals surface area contributed by atoms with Crippen molar-refractivity contribution in [2.24, 2.45) is 0 Å². The molecule has 0 saturated heterocycles. The van der Waals surface area contributed by atoms with E-state index in [0.29, 0.717) is 12.2 Å². The van der Waals surface area contributed by atoms with Crippen molar-refractivity contribution in [3.05, 3.63) is 88.9 Å². The molecule has 2 amide bonds. The van der Waals surface area contributed by atoms with Gasteiger partial charge in [-0.25, -0.2) is 8.42 Å². The molecule has 0 heterocycles. The molecule has 0 spiro atoms. The van der Waals surface area contributed by atoms with Crippen molar-refractivity contribution in [1.82, 2.24) is 10.2 Å². The van der Waals surface area contributed by atoms with Crippen molar-refractivity contribution < 1.29 is 22.7 Å². The fourth-order valence-electron chi connectivity index (χ4n) is 4.04. The highest BCUT2D eigenvalue weighted by molar-refractivity contribution is 7.92. The number of nitrogens with one attached hydrogen (secondary N) is 1. The van der Waals surface area contributed by atoms with Gasteiger partial charge in [0, 0.05) is 13.6 Å². The predicted molar refractivity (Wildman–Crippen MR) is 149 cm³/mol. The van der Waals surface area contributed by atoms with E-state index in [0.717, 1.165) is 15.4 Å². The minimum Gasteiger partial charge on any atom is -0.495 e. The van der Waals surface area contributed by atoms with E-state index >= 15 is 0 Å². The van der Waals surface area contributed by atoms with Crippen LogP contribution in [-0.4, -0.2) is 51.9 Å². The summed E-state index contributed by atoms with van der Waals surface area (Å²) in [5.41, 5.74) is 1.89. The first-order chi connectivity index (χ1) is 18.1. The first-order valence-electron chi connectivity index (χ1n) is 12.1. The zero-order chi connectivity index (χ0) is 27.9. The smallest absolute Gasteiger partial charge is 0.264 e. The van der Waals surface area contributed by atoms with Crippen LogP contribution in [0.2, 0.25) is 5.02 Å². The Hall–Kier alpha value is -3.56. The fourth-order valence-corrected chi connectivity index (χ4v) is 5.70. The minimum absolute atomic E-state index is 0.0239. The van der Waals surface area contributed by atoms with Gasteiger partial charge in [0.1, 0.15) is 18.3 Å². The molecule has 3 rings (SSSR count). The number of hydrogen-bond donors (Lipinski definition) is 1. The summed E-state index contributed by atoms with van der Waals surface area (Å²) in [6.45, 7) is 3.24. The van der Waals surface area contributed by atoms with Gasteiger partial charge in [0.15, 0.2) is 0 Å². The molecular weight excluding hydrogens is 526 g/mol. The lowest BCUT2D eigenvalue weighted by molar-refractivity contribution is -0.140. The van der Waals surface area contributed by atoms with Crippen molar-refractivity contribution in [2.45, 2.75) is 37.8 Å². The topological polar surface area (TPSA) is 96.0 Å². The first-order valence-corrected chi connectivity index (χ1v) is 13.9. The van der Waals surface area contributed by atoms with Crippen LogP contribution in [0.5, 0.6) is 5.75 Å². The van der Waals surface area contributed by atoms with E-state index in [4.69, 9.17) is 16.3 Å². The number of carbonyl (C=O) groups excluding carboxylic acids is 2. The second-order valence-electron chi connectivity index (χ2n) is 8.69. The number of benzene rings is 3. The number of sulfonamides is 1. The summed E-state index contributed by atoms with van der Waals surface area (Å²) in [6.07, 6.45) is 0.345. The molecule has 0 aliphatic rings. The number of halogens is 1. The Labute approximate surface area is 229 Å². The van der Waals surface area contributed by atoms with Crippen LogP contribution in [0, 0.1) is 6.92 Å². The summed E-state index contributed by atoms with van der Waals surface area (Å²) in [5.74, 6) is -0.505. The summed E-state index contributed by atoms with van der Waals surface area (Å²) in [7, 11) is -1.22. The summed E-state index contributed by atoms with van der Waals surface area (Å²) in [6, 6.07) is 19.3. The lowest BCUT2D eigenvalue weighted by atomic mass is 10.1. The molecule has 0 aromatic heterocycles. The molecule has 202 valence electrons. The molecule has 0 fully saturated rings. The van der Waals surface area contributed by atoms with Gasteiger partial charge in [-0.3, -0.25) is 13.9 Å². The molecule has 8 nitrogen and oxygen atoms in total. The van der Waals surface area contributed by atoms with Gasteiger partial charge in [0.25, 0.3) is 10.0 Å². The van der Waals surface area contributed by atoms with Crippen LogP contribution in [0.15, 0.2) is 77.7 Å². The van der Waals surface area contributed by atoms with Crippen molar-refractivity contribution in [3.8, 4) is 5.75 Å². The maximum atomic E-state index is 13.9. The van der Waals surface area contributed by atoms with Crippen LogP contribution in [-0.2, 0) is 26.2 Å². The van der Waals surface area contributed by atoms with Gasteiger partial charge in [0.2, 0.25) is 11.8 Å². The van der Waals surface area contributed by atoms with Gasteiger partial charge < -0.3 is 15.0 Å². The second kappa shape index (κ2) is 12.8. The van der Waals surface area contributed by atoms with Crippen LogP contribution < -0.4 is 14.4 Å². The number of ether oxygens (including phenoxy) is 1. The number of likely N-dealkylation sites (N-methyl/N-ethyl adjacent to an activating group) is 1. The molecule has 0 aliphatic heterocycles. The Morgan fingerprint density at radius 2 is 1.68 bits per heavy atom. The van der Waals surface area contributed by atoms with E-state index < -0.39 is 28.5 Å². The molecule has 1 atom stereocenters. The molecule has 0 aliphatic carbocycles. The van der Waals surface area contributed by atoms with Crippen molar-refractivity contribution >= 4 is 39.1 Å². The lowest BCUT2D eigenvalue weighted by Crippen LogP contribution is -2.51. The van der Waals surface area contributed by atoms with Crippen LogP contribution in [0.25, 0.3) is 0 Å². The second-order valence-corrected chi connectivity index (χ2v) is 11.0. The molecule has 10 heteroatoms. The number of carbonyl (C=O) groups is 2. The molecule has 0 unspecified atom stereocenters. The average Bonchev–Trinajstić information content (AvgIpc) is 2.91. The van der Waals surface area contributed by atoms with Crippen molar-refractivity contribution in [3.63, 3.8) is 0 Å². The molecule has 38 heavy (non-hydrogen) atoms. The van der Waals surface area contributed by atoms with Crippen LogP contribution in [0.3, 0.4) is 0 Å². The number of rotatable bonds is 11. The standard InChI is InChI=1S/C28H32ClN3O5S/c1-5-25(28(34)30-3)31(18-21-9-7-6-8-10-21)27(33)19-32(22-13-16-26(37-4)24(29)17-22)38(35,36)23-14-11-20(2)12-15-23/h6-17,25H,5,18-19H2,1-4H3,(H,30,34)/t25-/m1/s1. The summed E-state index contributed by atoms with van der Waals surface area (Å²) >= 11 is 6.34. The maximum Gasteiger partial charge on any atom is 0.264 e. The van der Waals surface area contributed by atoms with Gasteiger partial charge in [-0.1, -0.05) is 66.6 Å². The van der Waals surface area contributed by atoms with Gasteiger partial charge in [-0.15, -0.1) is 0 Å². The predicted octanol–water partition coefficient (Wildman–Crippen LogP) is 4.41.